The summed E-state index contributed by atoms with van der Waals surface area (Å²) in [6.07, 6.45) is 0.990. The Morgan fingerprint density at radius 3 is 2.38 bits per heavy atom. The number of anilines is 1. The minimum Gasteiger partial charge on any atom is -0.484 e. The lowest BCUT2D eigenvalue weighted by Crippen LogP contribution is -2.20. The lowest BCUT2D eigenvalue weighted by molar-refractivity contribution is -0.118. The van der Waals surface area contributed by atoms with Gasteiger partial charge in [0.15, 0.2) is 6.61 Å². The number of ether oxygens (including phenoxy) is 1. The van der Waals surface area contributed by atoms with Crippen molar-refractivity contribution in [3.05, 3.63) is 59.2 Å². The van der Waals surface area contributed by atoms with Crippen LogP contribution in [0.2, 0.25) is 0 Å². The Labute approximate surface area is 126 Å². The van der Waals surface area contributed by atoms with Crippen molar-refractivity contribution in [1.29, 1.82) is 0 Å². The van der Waals surface area contributed by atoms with Gasteiger partial charge in [0.2, 0.25) is 0 Å². The van der Waals surface area contributed by atoms with Crippen LogP contribution >= 0.6 is 0 Å². The third kappa shape index (κ3) is 4.35. The van der Waals surface area contributed by atoms with Crippen LogP contribution in [0.3, 0.4) is 0 Å². The molecule has 0 fully saturated rings. The van der Waals surface area contributed by atoms with Gasteiger partial charge in [-0.3, -0.25) is 4.79 Å². The van der Waals surface area contributed by atoms with E-state index in [1.54, 1.807) is 0 Å². The lowest BCUT2D eigenvalue weighted by atomic mass is 10.1. The summed E-state index contributed by atoms with van der Waals surface area (Å²) in [7, 11) is 0. The molecule has 0 saturated heterocycles. The molecule has 0 unspecified atom stereocenters. The number of amides is 1. The number of carbonyl (C=O) groups excluding carboxylic acids is 1. The Morgan fingerprint density at radius 1 is 1.05 bits per heavy atom. The van der Waals surface area contributed by atoms with E-state index in [2.05, 4.69) is 12.2 Å². The summed E-state index contributed by atoms with van der Waals surface area (Å²) in [6.45, 7) is 6.19. The van der Waals surface area contributed by atoms with Crippen molar-refractivity contribution >= 4 is 11.6 Å². The summed E-state index contributed by atoms with van der Waals surface area (Å²) in [5.74, 6) is 0.562. The van der Waals surface area contributed by atoms with Crippen molar-refractivity contribution in [3.63, 3.8) is 0 Å². The summed E-state index contributed by atoms with van der Waals surface area (Å²) in [5.41, 5.74) is 4.41. The van der Waals surface area contributed by atoms with E-state index < -0.39 is 0 Å². The van der Waals surface area contributed by atoms with E-state index in [9.17, 15) is 4.79 Å². The largest absolute Gasteiger partial charge is 0.484 e. The van der Waals surface area contributed by atoms with Gasteiger partial charge in [-0.15, -0.1) is 0 Å². The molecule has 21 heavy (non-hydrogen) atoms. The average Bonchev–Trinajstić information content (AvgIpc) is 2.49. The van der Waals surface area contributed by atoms with Crippen molar-refractivity contribution in [2.75, 3.05) is 11.9 Å². The topological polar surface area (TPSA) is 38.3 Å². The van der Waals surface area contributed by atoms with Crippen LogP contribution in [-0.4, -0.2) is 12.5 Å². The molecule has 2 aromatic rings. The normalized spacial score (nSPS) is 10.2. The van der Waals surface area contributed by atoms with Crippen LogP contribution in [0.4, 0.5) is 5.69 Å². The van der Waals surface area contributed by atoms with Crippen molar-refractivity contribution in [2.24, 2.45) is 0 Å². The first-order chi connectivity index (χ1) is 10.1. The second kappa shape index (κ2) is 6.93. The Kier molecular flexibility index (Phi) is 4.99. The van der Waals surface area contributed by atoms with Gasteiger partial charge in [-0.25, -0.2) is 0 Å². The maximum atomic E-state index is 11.9. The number of hydrogen-bond acceptors (Lipinski definition) is 2. The fourth-order valence-corrected chi connectivity index (χ4v) is 1.97. The predicted octanol–water partition coefficient (Wildman–Crippen LogP) is 3.88. The van der Waals surface area contributed by atoms with Crippen molar-refractivity contribution in [1.82, 2.24) is 0 Å². The smallest absolute Gasteiger partial charge is 0.262 e. The molecule has 1 N–H and O–H groups in total. The molecule has 0 radical (unpaired) electrons. The SMILES string of the molecule is CCc1ccc(NC(=O)COc2ccc(C)c(C)c2)cc1. The molecular weight excluding hydrogens is 262 g/mol. The Balaban J connectivity index is 1.87. The summed E-state index contributed by atoms with van der Waals surface area (Å²) in [4.78, 5) is 11.9. The Hall–Kier alpha value is -2.29. The van der Waals surface area contributed by atoms with Crippen LogP contribution in [0, 0.1) is 13.8 Å². The zero-order valence-corrected chi connectivity index (χ0v) is 12.8. The van der Waals surface area contributed by atoms with Gasteiger partial charge in [0.05, 0.1) is 0 Å². The van der Waals surface area contributed by atoms with Crippen LogP contribution in [0.1, 0.15) is 23.6 Å². The van der Waals surface area contributed by atoms with E-state index in [0.29, 0.717) is 0 Å². The zero-order valence-electron chi connectivity index (χ0n) is 12.8. The molecule has 0 aliphatic heterocycles. The number of nitrogens with one attached hydrogen (secondary N) is 1. The molecule has 2 rings (SSSR count). The molecule has 3 nitrogen and oxygen atoms in total. The van der Waals surface area contributed by atoms with Gasteiger partial charge in [-0.2, -0.15) is 0 Å². The lowest BCUT2D eigenvalue weighted by Gasteiger charge is -2.09. The molecule has 0 bridgehead atoms. The van der Waals surface area contributed by atoms with Crippen LogP contribution in [-0.2, 0) is 11.2 Å². The summed E-state index contributed by atoms with van der Waals surface area (Å²) in [6, 6.07) is 13.7. The highest BCUT2D eigenvalue weighted by Gasteiger charge is 2.04. The van der Waals surface area contributed by atoms with Gasteiger partial charge in [-0.05, 0) is 61.2 Å². The number of rotatable bonds is 5. The van der Waals surface area contributed by atoms with Crippen LogP contribution in [0.15, 0.2) is 42.5 Å². The average molecular weight is 283 g/mol. The first-order valence-corrected chi connectivity index (χ1v) is 7.17. The van der Waals surface area contributed by atoms with Gasteiger partial charge < -0.3 is 10.1 Å². The summed E-state index contributed by atoms with van der Waals surface area (Å²) >= 11 is 0. The van der Waals surface area contributed by atoms with Gasteiger partial charge in [0.25, 0.3) is 5.91 Å². The monoisotopic (exact) mass is 283 g/mol. The summed E-state index contributed by atoms with van der Waals surface area (Å²) in [5, 5.41) is 2.83. The highest BCUT2D eigenvalue weighted by Crippen LogP contribution is 2.16. The van der Waals surface area contributed by atoms with E-state index in [1.807, 2.05) is 56.3 Å². The molecule has 110 valence electrons. The minimum absolute atomic E-state index is 0.0119. The molecule has 0 aliphatic rings. The van der Waals surface area contributed by atoms with Crippen LogP contribution in [0.25, 0.3) is 0 Å². The Morgan fingerprint density at radius 2 is 1.76 bits per heavy atom. The van der Waals surface area contributed by atoms with Crippen LogP contribution < -0.4 is 10.1 Å². The second-order valence-corrected chi connectivity index (χ2v) is 5.13. The maximum absolute atomic E-state index is 11.9. The third-order valence-electron chi connectivity index (χ3n) is 3.49. The number of carbonyl (C=O) groups is 1. The van der Waals surface area contributed by atoms with Crippen molar-refractivity contribution in [2.45, 2.75) is 27.2 Å². The molecule has 0 heterocycles. The zero-order chi connectivity index (χ0) is 15.2. The molecule has 1 amide bonds. The quantitative estimate of drug-likeness (QED) is 0.904. The number of benzene rings is 2. The molecule has 3 heteroatoms. The Bertz CT molecular complexity index is 618. The predicted molar refractivity (Wildman–Crippen MR) is 85.9 cm³/mol. The van der Waals surface area contributed by atoms with E-state index in [-0.39, 0.29) is 12.5 Å². The highest BCUT2D eigenvalue weighted by molar-refractivity contribution is 5.91. The maximum Gasteiger partial charge on any atom is 0.262 e. The van der Waals surface area contributed by atoms with E-state index in [0.717, 1.165) is 23.4 Å². The molecule has 0 aromatic heterocycles. The summed E-state index contributed by atoms with van der Waals surface area (Å²) < 4.78 is 5.51. The molecule has 0 aliphatic carbocycles. The second-order valence-electron chi connectivity index (χ2n) is 5.13. The third-order valence-corrected chi connectivity index (χ3v) is 3.49. The standard InChI is InChI=1S/C18H21NO2/c1-4-15-6-8-16(9-7-15)19-18(20)12-21-17-10-5-13(2)14(3)11-17/h5-11H,4,12H2,1-3H3,(H,19,20). The van der Waals surface area contributed by atoms with Gasteiger partial charge in [-0.1, -0.05) is 25.1 Å². The molecule has 0 saturated carbocycles. The van der Waals surface area contributed by atoms with Gasteiger partial charge in [0.1, 0.15) is 5.75 Å². The fraction of sp³-hybridized carbons (Fsp3) is 0.278. The fourth-order valence-electron chi connectivity index (χ4n) is 1.97. The number of aryl methyl sites for hydroxylation is 3. The first kappa shape index (κ1) is 15.1. The van der Waals surface area contributed by atoms with Gasteiger partial charge in [0, 0.05) is 5.69 Å². The van der Waals surface area contributed by atoms with E-state index in [4.69, 9.17) is 4.74 Å². The molecular formula is C18H21NO2. The molecule has 0 atom stereocenters. The van der Waals surface area contributed by atoms with Crippen molar-refractivity contribution < 1.29 is 9.53 Å². The van der Waals surface area contributed by atoms with E-state index in [1.165, 1.54) is 11.1 Å². The highest BCUT2D eigenvalue weighted by atomic mass is 16.5. The van der Waals surface area contributed by atoms with E-state index >= 15 is 0 Å². The number of hydrogen-bond donors (Lipinski definition) is 1. The molecule has 0 spiro atoms. The molecule has 2 aromatic carbocycles. The van der Waals surface area contributed by atoms with Gasteiger partial charge >= 0.3 is 0 Å². The van der Waals surface area contributed by atoms with Crippen molar-refractivity contribution in [3.8, 4) is 5.75 Å². The van der Waals surface area contributed by atoms with Crippen LogP contribution in [0.5, 0.6) is 5.75 Å². The minimum atomic E-state index is -0.155. The first-order valence-electron chi connectivity index (χ1n) is 7.17.